The summed E-state index contributed by atoms with van der Waals surface area (Å²) in [5, 5.41) is 2.70. The van der Waals surface area contributed by atoms with Gasteiger partial charge in [0.15, 0.2) is 5.76 Å². The molecule has 1 aromatic rings. The van der Waals surface area contributed by atoms with E-state index in [4.69, 9.17) is 10.2 Å². The third-order valence-electron chi connectivity index (χ3n) is 1.63. The summed E-state index contributed by atoms with van der Waals surface area (Å²) in [6.45, 7) is 2.48. The van der Waals surface area contributed by atoms with E-state index in [1.165, 1.54) is 6.26 Å². The summed E-state index contributed by atoms with van der Waals surface area (Å²) in [4.78, 5) is 11.2. The third-order valence-corrected chi connectivity index (χ3v) is 1.63. The van der Waals surface area contributed by atoms with E-state index in [9.17, 15) is 4.79 Å². The second-order valence-corrected chi connectivity index (χ2v) is 3.00. The van der Waals surface area contributed by atoms with Gasteiger partial charge in [-0.1, -0.05) is 0 Å². The Morgan fingerprint density at radius 3 is 3.08 bits per heavy atom. The molecule has 13 heavy (non-hydrogen) atoms. The summed E-state index contributed by atoms with van der Waals surface area (Å²) in [6.07, 6.45) is 2.24. The quantitative estimate of drug-likeness (QED) is 0.721. The molecular weight excluding hydrogens is 168 g/mol. The molecule has 0 fully saturated rings. The minimum absolute atomic E-state index is 0.108. The highest BCUT2D eigenvalue weighted by molar-refractivity contribution is 5.91. The van der Waals surface area contributed by atoms with Gasteiger partial charge in [0.05, 0.1) is 6.26 Å². The predicted octanol–water partition coefficient (Wildman–Crippen LogP) is 0.747. The number of carbonyl (C=O) groups excluding carboxylic acids is 1. The highest BCUT2D eigenvalue weighted by atomic mass is 16.3. The first-order valence-corrected chi connectivity index (χ1v) is 4.27. The minimum Gasteiger partial charge on any atom is -0.459 e. The Labute approximate surface area is 77.1 Å². The largest absolute Gasteiger partial charge is 0.459 e. The SMILES string of the molecule is CC(N)CCNC(=O)c1ccco1. The van der Waals surface area contributed by atoms with E-state index >= 15 is 0 Å². The third kappa shape index (κ3) is 3.29. The molecule has 0 radical (unpaired) electrons. The maximum absolute atomic E-state index is 11.2. The van der Waals surface area contributed by atoms with Crippen molar-refractivity contribution in [3.63, 3.8) is 0 Å². The van der Waals surface area contributed by atoms with Crippen molar-refractivity contribution in [2.75, 3.05) is 6.54 Å². The Hall–Kier alpha value is -1.29. The van der Waals surface area contributed by atoms with Crippen molar-refractivity contribution in [3.05, 3.63) is 24.2 Å². The van der Waals surface area contributed by atoms with Gasteiger partial charge in [-0.05, 0) is 25.5 Å². The number of carbonyl (C=O) groups is 1. The van der Waals surface area contributed by atoms with Crippen molar-refractivity contribution < 1.29 is 9.21 Å². The Bertz CT molecular complexity index is 255. The van der Waals surface area contributed by atoms with Crippen LogP contribution in [0.1, 0.15) is 23.9 Å². The van der Waals surface area contributed by atoms with E-state index in [2.05, 4.69) is 5.32 Å². The van der Waals surface area contributed by atoms with Crippen LogP contribution in [0.4, 0.5) is 0 Å². The summed E-state index contributed by atoms with van der Waals surface area (Å²) >= 11 is 0. The zero-order valence-corrected chi connectivity index (χ0v) is 7.62. The van der Waals surface area contributed by atoms with Crippen LogP contribution in [0.15, 0.2) is 22.8 Å². The number of nitrogens with two attached hydrogens (primary N) is 1. The van der Waals surface area contributed by atoms with Crippen LogP contribution in [0.25, 0.3) is 0 Å². The smallest absolute Gasteiger partial charge is 0.286 e. The van der Waals surface area contributed by atoms with E-state index < -0.39 is 0 Å². The molecule has 0 saturated carbocycles. The zero-order valence-electron chi connectivity index (χ0n) is 7.62. The second-order valence-electron chi connectivity index (χ2n) is 3.00. The fourth-order valence-electron chi connectivity index (χ4n) is 0.908. The fraction of sp³-hybridized carbons (Fsp3) is 0.444. The Kier molecular flexibility index (Phi) is 3.52. The molecule has 1 atom stereocenters. The van der Waals surface area contributed by atoms with Crippen molar-refractivity contribution in [3.8, 4) is 0 Å². The van der Waals surface area contributed by atoms with Gasteiger partial charge in [-0.2, -0.15) is 0 Å². The molecule has 0 aliphatic rings. The first-order chi connectivity index (χ1) is 6.20. The summed E-state index contributed by atoms with van der Waals surface area (Å²) in [6, 6.07) is 3.42. The van der Waals surface area contributed by atoms with Gasteiger partial charge in [0.25, 0.3) is 5.91 Å². The van der Waals surface area contributed by atoms with Crippen LogP contribution in [0.3, 0.4) is 0 Å². The van der Waals surface area contributed by atoms with E-state index in [1.54, 1.807) is 12.1 Å². The van der Waals surface area contributed by atoms with Crippen LogP contribution in [0.5, 0.6) is 0 Å². The molecule has 1 unspecified atom stereocenters. The number of nitrogens with one attached hydrogen (secondary N) is 1. The Morgan fingerprint density at radius 2 is 2.54 bits per heavy atom. The van der Waals surface area contributed by atoms with Crippen LogP contribution in [0, 0.1) is 0 Å². The summed E-state index contributed by atoms with van der Waals surface area (Å²) < 4.78 is 4.91. The fourth-order valence-corrected chi connectivity index (χ4v) is 0.908. The van der Waals surface area contributed by atoms with Crippen LogP contribution in [0.2, 0.25) is 0 Å². The van der Waals surface area contributed by atoms with Crippen molar-refractivity contribution >= 4 is 5.91 Å². The number of amides is 1. The normalized spacial score (nSPS) is 12.5. The number of hydrogen-bond acceptors (Lipinski definition) is 3. The molecule has 0 aliphatic heterocycles. The molecule has 72 valence electrons. The summed E-state index contributed by atoms with van der Waals surface area (Å²) in [5.41, 5.74) is 5.52. The molecular formula is C9H14N2O2. The molecule has 1 heterocycles. The van der Waals surface area contributed by atoms with Gasteiger partial charge >= 0.3 is 0 Å². The van der Waals surface area contributed by atoms with Crippen LogP contribution in [-0.4, -0.2) is 18.5 Å². The topological polar surface area (TPSA) is 68.3 Å². The first kappa shape index (κ1) is 9.80. The van der Waals surface area contributed by atoms with Gasteiger partial charge in [-0.15, -0.1) is 0 Å². The molecule has 0 bridgehead atoms. The van der Waals surface area contributed by atoms with Gasteiger partial charge < -0.3 is 15.5 Å². The summed E-state index contributed by atoms with van der Waals surface area (Å²) in [5.74, 6) is 0.148. The van der Waals surface area contributed by atoms with Crippen molar-refractivity contribution in [1.29, 1.82) is 0 Å². The van der Waals surface area contributed by atoms with Gasteiger partial charge in [0.1, 0.15) is 0 Å². The van der Waals surface area contributed by atoms with Crippen molar-refractivity contribution in [1.82, 2.24) is 5.32 Å². The Balaban J connectivity index is 2.27. The van der Waals surface area contributed by atoms with Crippen molar-refractivity contribution in [2.24, 2.45) is 5.73 Å². The van der Waals surface area contributed by atoms with Crippen LogP contribution < -0.4 is 11.1 Å². The molecule has 1 rings (SSSR count). The van der Waals surface area contributed by atoms with Crippen LogP contribution >= 0.6 is 0 Å². The average molecular weight is 182 g/mol. The molecule has 3 N–H and O–H groups in total. The lowest BCUT2D eigenvalue weighted by molar-refractivity contribution is 0.0925. The second kappa shape index (κ2) is 4.67. The van der Waals surface area contributed by atoms with E-state index in [-0.39, 0.29) is 11.9 Å². The number of hydrogen-bond donors (Lipinski definition) is 2. The van der Waals surface area contributed by atoms with Gasteiger partial charge in [0.2, 0.25) is 0 Å². The van der Waals surface area contributed by atoms with E-state index in [0.29, 0.717) is 12.3 Å². The summed E-state index contributed by atoms with van der Waals surface area (Å²) in [7, 11) is 0. The molecule has 4 nitrogen and oxygen atoms in total. The van der Waals surface area contributed by atoms with Crippen molar-refractivity contribution in [2.45, 2.75) is 19.4 Å². The monoisotopic (exact) mass is 182 g/mol. The molecule has 0 aromatic carbocycles. The lowest BCUT2D eigenvalue weighted by Crippen LogP contribution is -2.28. The zero-order chi connectivity index (χ0) is 9.68. The lowest BCUT2D eigenvalue weighted by atomic mass is 10.2. The Morgan fingerprint density at radius 1 is 1.77 bits per heavy atom. The molecule has 1 amide bonds. The predicted molar refractivity (Wildman–Crippen MR) is 49.3 cm³/mol. The van der Waals surface area contributed by atoms with Gasteiger partial charge in [0, 0.05) is 12.6 Å². The lowest BCUT2D eigenvalue weighted by Gasteiger charge is -2.05. The average Bonchev–Trinajstić information content (AvgIpc) is 2.55. The maximum atomic E-state index is 11.2. The van der Waals surface area contributed by atoms with E-state index in [0.717, 1.165) is 6.42 Å². The molecule has 0 saturated heterocycles. The van der Waals surface area contributed by atoms with E-state index in [1.807, 2.05) is 6.92 Å². The highest BCUT2D eigenvalue weighted by Gasteiger charge is 2.06. The van der Waals surface area contributed by atoms with Crippen LogP contribution in [-0.2, 0) is 0 Å². The minimum atomic E-state index is -0.189. The highest BCUT2D eigenvalue weighted by Crippen LogP contribution is 1.98. The first-order valence-electron chi connectivity index (χ1n) is 4.27. The molecule has 1 aromatic heterocycles. The van der Waals surface area contributed by atoms with Gasteiger partial charge in [-0.25, -0.2) is 0 Å². The number of rotatable bonds is 4. The number of furan rings is 1. The molecule has 0 spiro atoms. The molecule has 4 heteroatoms. The van der Waals surface area contributed by atoms with Gasteiger partial charge in [-0.3, -0.25) is 4.79 Å². The standard InChI is InChI=1S/C9H14N2O2/c1-7(10)4-5-11-9(12)8-3-2-6-13-8/h2-3,6-7H,4-5,10H2,1H3,(H,11,12). The molecule has 0 aliphatic carbocycles. The maximum Gasteiger partial charge on any atom is 0.286 e.